The minimum atomic E-state index is -0.745. The number of rotatable bonds is 1. The van der Waals surface area contributed by atoms with Gasteiger partial charge in [0.15, 0.2) is 0 Å². The average molecular weight is 199 g/mol. The van der Waals surface area contributed by atoms with E-state index in [0.29, 0.717) is 0 Å². The van der Waals surface area contributed by atoms with Crippen LogP contribution in [0.1, 0.15) is 27.2 Å². The summed E-state index contributed by atoms with van der Waals surface area (Å²) in [6.45, 7) is 5.60. The highest BCUT2D eigenvalue weighted by Gasteiger charge is 1.80. The number of carboxylic acids is 1. The Labute approximate surface area is 65.4 Å². The molecule has 0 saturated carbocycles. The molecule has 3 heteroatoms. The van der Waals surface area contributed by atoms with E-state index in [2.05, 4.69) is 15.9 Å². The Morgan fingerprint density at radius 1 is 1.44 bits per heavy atom. The van der Waals surface area contributed by atoms with Crippen LogP contribution in [0.2, 0.25) is 0 Å². The predicted octanol–water partition coefficient (Wildman–Crippen LogP) is 2.52. The molecule has 0 aromatic heterocycles. The van der Waals surface area contributed by atoms with Crippen LogP contribution in [-0.4, -0.2) is 16.9 Å². The van der Waals surface area contributed by atoms with Crippen molar-refractivity contribution in [1.29, 1.82) is 0 Å². The topological polar surface area (TPSA) is 37.3 Å². The van der Waals surface area contributed by atoms with Crippen molar-refractivity contribution in [2.24, 2.45) is 0 Å². The Balaban J connectivity index is -0.0000000771. The lowest BCUT2D eigenvalue weighted by Crippen LogP contribution is -1.86. The van der Waals surface area contributed by atoms with Gasteiger partial charge in [0.2, 0.25) is 0 Å². The molecule has 0 aromatic rings. The van der Waals surface area contributed by atoms with Crippen LogP contribution in [0.5, 0.6) is 0 Å². The van der Waals surface area contributed by atoms with Gasteiger partial charge in [-0.1, -0.05) is 36.7 Å². The van der Waals surface area contributed by atoms with Crippen molar-refractivity contribution in [1.82, 2.24) is 0 Å². The molecule has 2 nitrogen and oxygen atoms in total. The van der Waals surface area contributed by atoms with Crippen LogP contribution in [0.25, 0.3) is 0 Å². The third kappa shape index (κ3) is 74.0. The molecule has 0 bridgehead atoms. The van der Waals surface area contributed by atoms with Gasteiger partial charge in [0.1, 0.15) is 0 Å². The molecule has 0 heterocycles. The summed E-state index contributed by atoms with van der Waals surface area (Å²) < 4.78 is 0. The molecular formula is C6H15BrO2. The van der Waals surface area contributed by atoms with Gasteiger partial charge >= 0.3 is 5.97 Å². The summed E-state index contributed by atoms with van der Waals surface area (Å²) in [5.74, 6) is 1.07. The van der Waals surface area contributed by atoms with Crippen molar-refractivity contribution < 1.29 is 9.90 Å². The highest BCUT2D eigenvalue weighted by atomic mass is 79.9. The van der Waals surface area contributed by atoms with Gasteiger partial charge < -0.3 is 5.11 Å². The Kier molecular flexibility index (Phi) is 43.7. The monoisotopic (exact) mass is 198 g/mol. The molecule has 0 aromatic carbocycles. The second-order valence-electron chi connectivity index (χ2n) is 0.747. The molecule has 0 aliphatic carbocycles. The second-order valence-corrected chi connectivity index (χ2v) is 0.747. The van der Waals surface area contributed by atoms with Crippen LogP contribution in [-0.2, 0) is 4.79 Å². The van der Waals surface area contributed by atoms with Crippen LogP contribution < -0.4 is 0 Å². The molecule has 0 atom stereocenters. The zero-order valence-corrected chi connectivity index (χ0v) is 8.03. The van der Waals surface area contributed by atoms with E-state index in [1.165, 1.54) is 0 Å². The summed E-state index contributed by atoms with van der Waals surface area (Å²) in [6, 6.07) is 0. The standard InChI is InChI=1S/C3H6O2.C2H6.CH3Br/c1-2-3(4)5;2*1-2/h2H2,1H3,(H,4,5);1-2H3;1H3. The van der Waals surface area contributed by atoms with E-state index in [1.54, 1.807) is 6.92 Å². The Morgan fingerprint density at radius 3 is 1.56 bits per heavy atom. The van der Waals surface area contributed by atoms with Crippen molar-refractivity contribution in [2.75, 3.05) is 5.83 Å². The number of alkyl halides is 1. The first-order valence-electron chi connectivity index (χ1n) is 2.87. The summed E-state index contributed by atoms with van der Waals surface area (Å²) in [5.41, 5.74) is 0. The molecule has 0 radical (unpaired) electrons. The molecule has 58 valence electrons. The van der Waals surface area contributed by atoms with Gasteiger partial charge in [-0.15, -0.1) is 0 Å². The van der Waals surface area contributed by atoms with Gasteiger partial charge in [0, 0.05) is 6.42 Å². The van der Waals surface area contributed by atoms with Gasteiger partial charge in [-0.05, 0) is 5.83 Å². The summed E-state index contributed by atoms with van der Waals surface area (Å²) in [7, 11) is 0. The van der Waals surface area contributed by atoms with E-state index in [4.69, 9.17) is 5.11 Å². The third-order valence-corrected chi connectivity index (χ3v) is 0.302. The maximum Gasteiger partial charge on any atom is 0.303 e. The molecule has 0 fully saturated rings. The first-order chi connectivity index (χ1) is 4.27. The molecule has 0 saturated heterocycles. The molecule has 0 aliphatic rings. The van der Waals surface area contributed by atoms with Crippen molar-refractivity contribution in [3.8, 4) is 0 Å². The summed E-state index contributed by atoms with van der Waals surface area (Å²) >= 11 is 2.94. The van der Waals surface area contributed by atoms with Crippen molar-refractivity contribution >= 4 is 21.9 Å². The van der Waals surface area contributed by atoms with Crippen LogP contribution >= 0.6 is 15.9 Å². The summed E-state index contributed by atoms with van der Waals surface area (Å²) in [5, 5.41) is 7.72. The van der Waals surface area contributed by atoms with Crippen LogP contribution in [0.3, 0.4) is 0 Å². The Morgan fingerprint density at radius 2 is 1.56 bits per heavy atom. The lowest BCUT2D eigenvalue weighted by atomic mass is 10.5. The van der Waals surface area contributed by atoms with Gasteiger partial charge in [-0.3, -0.25) is 4.79 Å². The van der Waals surface area contributed by atoms with Crippen LogP contribution in [0, 0.1) is 0 Å². The molecule has 0 rings (SSSR count). The summed E-state index contributed by atoms with van der Waals surface area (Å²) in [4.78, 5) is 9.37. The van der Waals surface area contributed by atoms with E-state index < -0.39 is 5.97 Å². The number of hydrogen-bond donors (Lipinski definition) is 1. The van der Waals surface area contributed by atoms with Crippen molar-refractivity contribution in [3.63, 3.8) is 0 Å². The number of hydrogen-bond acceptors (Lipinski definition) is 1. The SMILES string of the molecule is CBr.CC.CCC(=O)O. The van der Waals surface area contributed by atoms with Crippen molar-refractivity contribution in [2.45, 2.75) is 27.2 Å². The molecule has 0 aliphatic heterocycles. The highest BCUT2D eigenvalue weighted by Crippen LogP contribution is 1.67. The second kappa shape index (κ2) is 24.6. The maximum atomic E-state index is 9.37. The zero-order chi connectivity index (χ0) is 8.28. The average Bonchev–Trinajstić information content (AvgIpc) is 1.97. The smallest absolute Gasteiger partial charge is 0.303 e. The number of carbonyl (C=O) groups is 1. The van der Waals surface area contributed by atoms with Gasteiger partial charge in [-0.25, -0.2) is 0 Å². The van der Waals surface area contributed by atoms with E-state index in [1.807, 2.05) is 19.7 Å². The number of carboxylic acid groups (broad SMARTS) is 1. The Bertz CT molecular complexity index is 46.3. The van der Waals surface area contributed by atoms with Gasteiger partial charge in [0.25, 0.3) is 0 Å². The normalized spacial score (nSPS) is 5.44. The van der Waals surface area contributed by atoms with Crippen LogP contribution in [0.15, 0.2) is 0 Å². The molecule has 0 spiro atoms. The quantitative estimate of drug-likeness (QED) is 0.658. The van der Waals surface area contributed by atoms with E-state index >= 15 is 0 Å². The maximum absolute atomic E-state index is 9.37. The fourth-order valence-electron chi connectivity index (χ4n) is 0. The minimum absolute atomic E-state index is 0.222. The van der Waals surface area contributed by atoms with E-state index in [0.717, 1.165) is 0 Å². The fourth-order valence-corrected chi connectivity index (χ4v) is 0. The zero-order valence-electron chi connectivity index (χ0n) is 6.44. The third-order valence-electron chi connectivity index (χ3n) is 0.302. The molecule has 0 amide bonds. The first kappa shape index (κ1) is 16.0. The highest BCUT2D eigenvalue weighted by molar-refractivity contribution is 9.08. The van der Waals surface area contributed by atoms with Crippen LogP contribution in [0.4, 0.5) is 0 Å². The molecular weight excluding hydrogens is 184 g/mol. The summed E-state index contributed by atoms with van der Waals surface area (Å²) in [6.07, 6.45) is 0.222. The lowest BCUT2D eigenvalue weighted by molar-refractivity contribution is -0.136. The predicted molar refractivity (Wildman–Crippen MR) is 44.1 cm³/mol. The fraction of sp³-hybridized carbons (Fsp3) is 0.833. The van der Waals surface area contributed by atoms with Gasteiger partial charge in [-0.2, -0.15) is 0 Å². The number of halogens is 1. The van der Waals surface area contributed by atoms with Gasteiger partial charge in [0.05, 0.1) is 0 Å². The molecule has 1 N–H and O–H groups in total. The Hall–Kier alpha value is -0.0500. The van der Waals surface area contributed by atoms with Crippen molar-refractivity contribution in [3.05, 3.63) is 0 Å². The molecule has 0 unspecified atom stereocenters. The molecule has 9 heavy (non-hydrogen) atoms. The van der Waals surface area contributed by atoms with E-state index in [-0.39, 0.29) is 6.42 Å². The lowest BCUT2D eigenvalue weighted by Gasteiger charge is -1.71. The largest absolute Gasteiger partial charge is 0.481 e. The minimum Gasteiger partial charge on any atom is -0.481 e. The number of aliphatic carboxylic acids is 1. The van der Waals surface area contributed by atoms with E-state index in [9.17, 15) is 4.79 Å². The first-order valence-corrected chi connectivity index (χ1v) is 4.45.